The van der Waals surface area contributed by atoms with Crippen molar-refractivity contribution in [2.45, 2.75) is 0 Å². The topological polar surface area (TPSA) is 29.1 Å². The van der Waals surface area contributed by atoms with Gasteiger partial charge in [0.05, 0.1) is 0 Å². The maximum Gasteiger partial charge on any atom is 0.00447 e. The molecule has 0 spiro atoms. The predicted octanol–water partition coefficient (Wildman–Crippen LogP) is 1.61. The van der Waals surface area contributed by atoms with Crippen LogP contribution in [-0.4, -0.2) is 5.91 Å². The van der Waals surface area contributed by atoms with Gasteiger partial charge in [0.15, 0.2) is 0 Å². The minimum Gasteiger partial charge on any atom is -0.484 e. The molecule has 1 aromatic rings. The zero-order valence-corrected chi connectivity index (χ0v) is 23.3. The number of hydrogen-bond donors (Lipinski definition) is 1. The Balaban J connectivity index is -0.0000000960. The second-order valence-corrected chi connectivity index (χ2v) is 2.27. The molecule has 2 nitrogen and oxygen atoms in total. The maximum absolute atomic E-state index is 11.0. The van der Waals surface area contributed by atoms with Crippen molar-refractivity contribution >= 4 is 11.6 Å². The summed E-state index contributed by atoms with van der Waals surface area (Å²) in [5.74, 6) is -0.380. The first-order valence-corrected chi connectivity index (χ1v) is 3.42. The Hall–Kier alpha value is 2.16. The molecule has 0 bridgehead atoms. The van der Waals surface area contributed by atoms with E-state index in [2.05, 4.69) is 18.3 Å². The van der Waals surface area contributed by atoms with Gasteiger partial charge in [-0.25, -0.2) is 0 Å². The largest absolute Gasteiger partial charge is 0.484 e. The Kier molecular flexibility index (Phi) is 33.7. The minimum atomic E-state index is -0.380. The van der Waals surface area contributed by atoms with Crippen molar-refractivity contribution in [3.05, 3.63) is 49.4 Å². The Morgan fingerprint density at radius 2 is 1.82 bits per heavy atom. The van der Waals surface area contributed by atoms with E-state index in [0.29, 0.717) is 5.69 Å². The van der Waals surface area contributed by atoms with Gasteiger partial charge in [-0.15, -0.1) is 0 Å². The summed E-state index contributed by atoms with van der Waals surface area (Å²) in [6.45, 7) is 8.47. The number of benzene rings is 1. The average Bonchev–Trinajstić information content (AvgIpc) is 2.06. The summed E-state index contributed by atoms with van der Waals surface area (Å²) in [5, 5.41) is 2.55. The van der Waals surface area contributed by atoms with E-state index in [9.17, 15) is 4.79 Å². The van der Waals surface area contributed by atoms with E-state index in [1.54, 1.807) is 24.3 Å². The van der Waals surface area contributed by atoms with Crippen LogP contribution in [0.1, 0.15) is 0 Å². The van der Waals surface area contributed by atoms with Crippen molar-refractivity contribution in [3.63, 3.8) is 0 Å². The van der Waals surface area contributed by atoms with Crippen LogP contribution in [0.4, 0.5) is 5.69 Å². The number of anilines is 1. The molecule has 0 aliphatic heterocycles. The van der Waals surface area contributed by atoms with E-state index in [-0.39, 0.29) is 128 Å². The fourth-order valence-electron chi connectivity index (χ4n) is 0.682. The number of nitrogens with one attached hydrogen (secondary N) is 1. The summed E-state index contributed by atoms with van der Waals surface area (Å²) >= 11 is 0. The van der Waals surface area contributed by atoms with Gasteiger partial charge in [-0.1, -0.05) is 5.69 Å². The van der Waals surface area contributed by atoms with Crippen LogP contribution in [-0.2, 0) is 122 Å². The molecular weight excluding hydrogens is 974 g/mol. The van der Waals surface area contributed by atoms with E-state index in [1.165, 1.54) is 0 Å². The number of hydrogen-bond acceptors (Lipinski definition) is 1. The number of amides is 1. The van der Waals surface area contributed by atoms with Gasteiger partial charge in [0.2, 0.25) is 0 Å². The van der Waals surface area contributed by atoms with Crippen molar-refractivity contribution in [2.24, 2.45) is 0 Å². The first-order chi connectivity index (χ1) is 5.70. The molecule has 0 atom stereocenters. The normalized spacial score (nSPS) is 6.35. The van der Waals surface area contributed by atoms with Crippen LogP contribution in [0.25, 0.3) is 0 Å². The number of rotatable bonds is 2. The fraction of sp³-hybridized carbons (Fsp3) is 0. The van der Waals surface area contributed by atoms with Gasteiger partial charge in [-0.2, -0.15) is 30.3 Å². The second-order valence-electron chi connectivity index (χ2n) is 2.27. The predicted molar refractivity (Wildman–Crippen MR) is 47.1 cm³/mol. The van der Waals surface area contributed by atoms with Gasteiger partial charge in [0.25, 0.3) is 0 Å². The van der Waals surface area contributed by atoms with Crippen LogP contribution < -0.4 is 5.32 Å². The first-order valence-electron chi connectivity index (χ1n) is 3.42. The standard InChI is InChI=1S/C10H8NO.4W.Y/c1-8(2)10(12)11-9-6-4-3-5-7-9;;;;;/h1,3-4,6-7H,2H2,(H,11,12);;;;;/q-3;;;;;. The quantitative estimate of drug-likeness (QED) is 0.355. The van der Waals surface area contributed by atoms with Crippen LogP contribution in [0, 0.1) is 19.6 Å². The first kappa shape index (κ1) is 31.5. The molecule has 0 heterocycles. The van der Waals surface area contributed by atoms with Crippen molar-refractivity contribution in [1.29, 1.82) is 0 Å². The van der Waals surface area contributed by atoms with E-state index < -0.39 is 0 Å². The fourth-order valence-corrected chi connectivity index (χ4v) is 0.682. The van der Waals surface area contributed by atoms with Crippen molar-refractivity contribution in [3.8, 4) is 0 Å². The van der Waals surface area contributed by atoms with Crippen molar-refractivity contribution in [1.82, 2.24) is 0 Å². The van der Waals surface area contributed by atoms with E-state index in [0.717, 1.165) is 0 Å². The van der Waals surface area contributed by atoms with E-state index in [1.807, 2.05) is 0 Å². The molecule has 17 heavy (non-hydrogen) atoms. The van der Waals surface area contributed by atoms with Gasteiger partial charge in [-0.3, -0.25) is 0 Å². The molecule has 0 fully saturated rings. The van der Waals surface area contributed by atoms with Crippen LogP contribution in [0.5, 0.6) is 0 Å². The third-order valence-electron chi connectivity index (χ3n) is 1.26. The van der Waals surface area contributed by atoms with Crippen molar-refractivity contribution in [2.75, 3.05) is 5.32 Å². The molecule has 7 heteroatoms. The molecule has 0 aliphatic rings. The van der Waals surface area contributed by atoms with Crippen LogP contribution in [0.2, 0.25) is 0 Å². The van der Waals surface area contributed by atoms with Gasteiger partial charge >= 0.3 is 0 Å². The van der Waals surface area contributed by atoms with E-state index in [4.69, 9.17) is 6.58 Å². The summed E-state index contributed by atoms with van der Waals surface area (Å²) in [6.07, 6.45) is 0. The third kappa shape index (κ3) is 14.4. The van der Waals surface area contributed by atoms with Crippen LogP contribution in [0.3, 0.4) is 0 Å². The summed E-state index contributed by atoms with van der Waals surface area (Å²) in [5.41, 5.74) is 0.660. The van der Waals surface area contributed by atoms with Gasteiger partial charge in [0.1, 0.15) is 0 Å². The van der Waals surface area contributed by atoms with Gasteiger partial charge in [-0.05, 0) is 0 Å². The molecule has 0 aromatic heterocycles. The molecule has 1 N–H and O–H groups in total. The SMILES string of the molecule is [CH-]=C([CH2-])C(=O)Nc1c[c-]ccc1.[W].[W].[W].[W].[Y]. The summed E-state index contributed by atoms with van der Waals surface area (Å²) in [4.78, 5) is 11.0. The third-order valence-corrected chi connectivity index (χ3v) is 1.26. The Morgan fingerprint density at radius 1 is 1.29 bits per heavy atom. The minimum absolute atomic E-state index is 0. The van der Waals surface area contributed by atoms with E-state index >= 15 is 0 Å². The molecule has 0 unspecified atom stereocenters. The Bertz CT molecular complexity index is 308. The molecule has 0 saturated heterocycles. The van der Waals surface area contributed by atoms with Crippen LogP contribution in [0.15, 0.2) is 29.8 Å². The molecule has 1 amide bonds. The molecule has 1 radical (unpaired) electrons. The molecule has 0 saturated carbocycles. The van der Waals surface area contributed by atoms with Gasteiger partial charge in [0, 0.05) is 123 Å². The second kappa shape index (κ2) is 18.2. The zero-order chi connectivity index (χ0) is 8.97. The monoisotopic (exact) mass is 983 g/mol. The molecule has 1 aromatic carbocycles. The van der Waals surface area contributed by atoms with Crippen LogP contribution >= 0.6 is 0 Å². The zero-order valence-electron chi connectivity index (χ0n) is 8.71. The van der Waals surface area contributed by atoms with Crippen molar-refractivity contribution < 1.29 is 122 Å². The Labute approximate surface area is 185 Å². The maximum atomic E-state index is 11.0. The molecule has 0 aliphatic carbocycles. The summed E-state index contributed by atoms with van der Waals surface area (Å²) < 4.78 is 0. The summed E-state index contributed by atoms with van der Waals surface area (Å²) in [6, 6.07) is 9.74. The molecular formula is C10H8NOW4Y-3. The average molecular weight is 982 g/mol. The molecule has 1 rings (SSSR count). The van der Waals surface area contributed by atoms with Gasteiger partial charge < -0.3 is 29.2 Å². The Morgan fingerprint density at radius 3 is 2.18 bits per heavy atom. The summed E-state index contributed by atoms with van der Waals surface area (Å²) in [7, 11) is 0. The smallest absolute Gasteiger partial charge is 0.00447 e. The number of carbonyl (C=O) groups is 1. The number of carbonyl (C=O) groups excluding carboxylic acids is 1. The molecule has 89 valence electrons.